The lowest BCUT2D eigenvalue weighted by atomic mass is 9.84. The molecule has 0 unspecified atom stereocenters. The summed E-state index contributed by atoms with van der Waals surface area (Å²) < 4.78 is 16.4. The van der Waals surface area contributed by atoms with Crippen molar-refractivity contribution < 1.29 is 19.3 Å². The zero-order valence-corrected chi connectivity index (χ0v) is 19.9. The Kier molecular flexibility index (Phi) is 11.1. The Morgan fingerprint density at radius 2 is 1.97 bits per heavy atom. The maximum atomic E-state index is 10.5. The van der Waals surface area contributed by atoms with Crippen LogP contribution in [0.4, 0.5) is 5.13 Å². The molecule has 0 aliphatic carbocycles. The second kappa shape index (κ2) is 13.5. The number of aliphatic hydroxyl groups is 1. The zero-order chi connectivity index (χ0) is 22.6. The van der Waals surface area contributed by atoms with Gasteiger partial charge in [0.05, 0.1) is 19.8 Å². The molecule has 1 aromatic heterocycles. The summed E-state index contributed by atoms with van der Waals surface area (Å²) in [6.45, 7) is 5.68. The zero-order valence-electron chi connectivity index (χ0n) is 19.0. The molecule has 0 aliphatic rings. The van der Waals surface area contributed by atoms with Gasteiger partial charge >= 0.3 is 0 Å². The fourth-order valence-corrected chi connectivity index (χ4v) is 3.99. The highest BCUT2D eigenvalue weighted by Gasteiger charge is 2.21. The molecule has 7 nitrogen and oxygen atoms in total. The number of hydrogen-bond donors (Lipinski definition) is 3. The van der Waals surface area contributed by atoms with Gasteiger partial charge in [0.25, 0.3) is 0 Å². The van der Waals surface area contributed by atoms with Crippen LogP contribution in [-0.4, -0.2) is 49.8 Å². The second-order valence-electron chi connectivity index (χ2n) is 8.04. The molecule has 0 spiro atoms. The van der Waals surface area contributed by atoms with E-state index in [0.29, 0.717) is 31.5 Å². The molecule has 8 heteroatoms. The molecule has 2 aromatic rings. The largest absolute Gasteiger partial charge is 0.493 e. The van der Waals surface area contributed by atoms with Crippen LogP contribution in [0.25, 0.3) is 0 Å². The molecular weight excluding hydrogens is 414 g/mol. The van der Waals surface area contributed by atoms with E-state index in [1.165, 1.54) is 16.9 Å². The van der Waals surface area contributed by atoms with Gasteiger partial charge in [-0.05, 0) is 48.8 Å². The third-order valence-electron chi connectivity index (χ3n) is 5.39. The summed E-state index contributed by atoms with van der Waals surface area (Å²) in [5.74, 6) is 2.38. The fourth-order valence-electron chi connectivity index (χ4n) is 3.42. The van der Waals surface area contributed by atoms with E-state index in [-0.39, 0.29) is 0 Å². The summed E-state index contributed by atoms with van der Waals surface area (Å²) in [5, 5.41) is 16.2. The van der Waals surface area contributed by atoms with Crippen LogP contribution in [0.15, 0.2) is 29.8 Å². The number of thiazole rings is 1. The number of benzene rings is 1. The molecule has 0 radical (unpaired) electrons. The van der Waals surface area contributed by atoms with E-state index in [2.05, 4.69) is 36.3 Å². The Bertz CT molecular complexity index is 742. The number of nitrogens with one attached hydrogen (secondary N) is 1. The smallest absolute Gasteiger partial charge is 0.183 e. The molecule has 4 N–H and O–H groups in total. The van der Waals surface area contributed by atoms with E-state index in [0.717, 1.165) is 35.9 Å². The number of anilines is 1. The SMILES string of the molecule is COCCCOc1cc(C[C@H](CC[C@H](O)[C@@H](N)Nc2nccs2)C(C)C)ccc1OC. The topological polar surface area (TPSA) is 98.9 Å². The van der Waals surface area contributed by atoms with Crippen molar-refractivity contribution in [3.05, 3.63) is 35.3 Å². The Morgan fingerprint density at radius 1 is 1.16 bits per heavy atom. The van der Waals surface area contributed by atoms with Crippen LogP contribution >= 0.6 is 11.3 Å². The number of aliphatic hydroxyl groups excluding tert-OH is 1. The van der Waals surface area contributed by atoms with Gasteiger partial charge in [-0.1, -0.05) is 19.9 Å². The predicted molar refractivity (Wildman–Crippen MR) is 126 cm³/mol. The minimum Gasteiger partial charge on any atom is -0.493 e. The lowest BCUT2D eigenvalue weighted by Crippen LogP contribution is -2.41. The van der Waals surface area contributed by atoms with E-state index in [1.54, 1.807) is 20.4 Å². The summed E-state index contributed by atoms with van der Waals surface area (Å²) >= 11 is 1.47. The van der Waals surface area contributed by atoms with Crippen molar-refractivity contribution in [2.45, 2.75) is 51.8 Å². The van der Waals surface area contributed by atoms with Crippen LogP contribution in [0, 0.1) is 11.8 Å². The molecule has 174 valence electrons. The highest BCUT2D eigenvalue weighted by Crippen LogP contribution is 2.31. The Balaban J connectivity index is 1.93. The molecule has 3 atom stereocenters. The molecule has 1 heterocycles. The molecular formula is C23H37N3O4S. The summed E-state index contributed by atoms with van der Waals surface area (Å²) in [6.07, 6.45) is 3.77. The molecule has 0 saturated heterocycles. The van der Waals surface area contributed by atoms with Crippen molar-refractivity contribution in [1.82, 2.24) is 4.98 Å². The van der Waals surface area contributed by atoms with E-state index in [1.807, 2.05) is 11.4 Å². The first-order chi connectivity index (χ1) is 14.9. The first-order valence-corrected chi connectivity index (χ1v) is 11.7. The van der Waals surface area contributed by atoms with Gasteiger partial charge in [-0.25, -0.2) is 4.98 Å². The molecule has 0 fully saturated rings. The number of rotatable bonds is 15. The van der Waals surface area contributed by atoms with Crippen LogP contribution in [0.1, 0.15) is 38.7 Å². The summed E-state index contributed by atoms with van der Waals surface area (Å²) in [7, 11) is 3.34. The van der Waals surface area contributed by atoms with Crippen molar-refractivity contribution in [2.75, 3.05) is 32.8 Å². The molecule has 31 heavy (non-hydrogen) atoms. The second-order valence-corrected chi connectivity index (χ2v) is 8.93. The lowest BCUT2D eigenvalue weighted by Gasteiger charge is -2.25. The van der Waals surface area contributed by atoms with Crippen molar-refractivity contribution >= 4 is 16.5 Å². The van der Waals surface area contributed by atoms with Crippen molar-refractivity contribution in [2.24, 2.45) is 17.6 Å². The first-order valence-electron chi connectivity index (χ1n) is 10.8. The van der Waals surface area contributed by atoms with Crippen LogP contribution in [0.3, 0.4) is 0 Å². The lowest BCUT2D eigenvalue weighted by molar-refractivity contribution is 0.130. The normalized spacial score (nSPS) is 14.3. The summed E-state index contributed by atoms with van der Waals surface area (Å²) in [5.41, 5.74) is 7.30. The third-order valence-corrected chi connectivity index (χ3v) is 6.09. The number of aromatic nitrogens is 1. The number of nitrogens with zero attached hydrogens (tertiary/aromatic N) is 1. The Labute approximate surface area is 189 Å². The monoisotopic (exact) mass is 451 g/mol. The van der Waals surface area contributed by atoms with Gasteiger partial charge in [-0.3, -0.25) is 0 Å². The van der Waals surface area contributed by atoms with Gasteiger partial charge in [-0.2, -0.15) is 0 Å². The van der Waals surface area contributed by atoms with Crippen LogP contribution in [0.2, 0.25) is 0 Å². The van der Waals surface area contributed by atoms with E-state index >= 15 is 0 Å². The highest BCUT2D eigenvalue weighted by molar-refractivity contribution is 7.13. The Morgan fingerprint density at radius 3 is 2.61 bits per heavy atom. The average molecular weight is 452 g/mol. The molecule has 0 saturated carbocycles. The predicted octanol–water partition coefficient (Wildman–Crippen LogP) is 3.92. The van der Waals surface area contributed by atoms with Gasteiger partial charge < -0.3 is 30.4 Å². The number of ether oxygens (including phenoxy) is 3. The molecule has 2 rings (SSSR count). The van der Waals surface area contributed by atoms with Gasteiger partial charge in [-0.15, -0.1) is 11.3 Å². The number of hydrogen-bond acceptors (Lipinski definition) is 8. The third kappa shape index (κ3) is 8.65. The number of methoxy groups -OCH3 is 2. The standard InChI is InChI=1S/C23H37N3O4S/c1-16(2)18(7-8-19(27)22(24)26-23-25-10-13-31-23)14-17-6-9-20(29-4)21(15-17)30-12-5-11-28-3/h6,9-10,13,15-16,18-19,22,27H,5,7-8,11-12,14,24H2,1-4H3,(H,25,26)/t18-,19-,22-/m0/s1. The van der Waals surface area contributed by atoms with Crippen LogP contribution in [-0.2, 0) is 11.2 Å². The minimum absolute atomic E-state index is 0.413. The van der Waals surface area contributed by atoms with E-state index in [9.17, 15) is 5.11 Å². The fraction of sp³-hybridized carbons (Fsp3) is 0.609. The van der Waals surface area contributed by atoms with Crippen LogP contribution < -0.4 is 20.5 Å². The Hall–Kier alpha value is -1.87. The molecule has 0 aliphatic heterocycles. The van der Waals surface area contributed by atoms with Gasteiger partial charge in [0.2, 0.25) is 0 Å². The molecule has 0 amide bonds. The highest BCUT2D eigenvalue weighted by atomic mass is 32.1. The first kappa shape index (κ1) is 25.4. The van der Waals surface area contributed by atoms with E-state index in [4.69, 9.17) is 19.9 Å². The minimum atomic E-state index is -0.638. The summed E-state index contributed by atoms with van der Waals surface area (Å²) in [6, 6.07) is 6.11. The van der Waals surface area contributed by atoms with Crippen molar-refractivity contribution in [3.63, 3.8) is 0 Å². The maximum absolute atomic E-state index is 10.5. The van der Waals surface area contributed by atoms with Crippen molar-refractivity contribution in [3.8, 4) is 11.5 Å². The molecule has 1 aromatic carbocycles. The van der Waals surface area contributed by atoms with Gasteiger partial charge in [0, 0.05) is 31.7 Å². The van der Waals surface area contributed by atoms with Crippen LogP contribution in [0.5, 0.6) is 11.5 Å². The van der Waals surface area contributed by atoms with Gasteiger partial charge in [0.1, 0.15) is 6.17 Å². The summed E-state index contributed by atoms with van der Waals surface area (Å²) in [4.78, 5) is 4.16. The maximum Gasteiger partial charge on any atom is 0.183 e. The molecule has 0 bridgehead atoms. The average Bonchev–Trinajstić information content (AvgIpc) is 3.26. The quantitative estimate of drug-likeness (QED) is 0.279. The van der Waals surface area contributed by atoms with E-state index < -0.39 is 12.3 Å². The van der Waals surface area contributed by atoms with Crippen molar-refractivity contribution in [1.29, 1.82) is 0 Å². The number of nitrogens with two attached hydrogens (primary N) is 1. The van der Waals surface area contributed by atoms with Gasteiger partial charge in [0.15, 0.2) is 16.6 Å².